The zero-order valence-corrected chi connectivity index (χ0v) is 6.30. The van der Waals surface area contributed by atoms with Crippen LogP contribution in [0.2, 0.25) is 0 Å². The Bertz CT molecular complexity index is 43.0. The number of ether oxygens (including phenoxy) is 2. The van der Waals surface area contributed by atoms with Crippen molar-refractivity contribution in [2.45, 2.75) is 6.92 Å². The summed E-state index contributed by atoms with van der Waals surface area (Å²) in [7, 11) is 0. The molecule has 0 unspecified atom stereocenters. The molecule has 0 radical (unpaired) electrons. The van der Waals surface area contributed by atoms with Gasteiger partial charge in [-0.25, -0.2) is 0 Å². The Morgan fingerprint density at radius 2 is 1.70 bits per heavy atom. The topological polar surface area (TPSA) is 70.2 Å². The quantitative estimate of drug-likeness (QED) is 0.507. The number of rotatable bonds is 6. The Kier molecular flexibility index (Phi) is 14.5. The van der Waals surface area contributed by atoms with E-state index in [1.807, 2.05) is 6.92 Å². The molecule has 4 nitrogen and oxygen atoms in total. The van der Waals surface area contributed by atoms with Gasteiger partial charge in [-0.05, 0) is 6.92 Å². The van der Waals surface area contributed by atoms with Crippen molar-refractivity contribution < 1.29 is 20.1 Å². The van der Waals surface area contributed by atoms with Crippen molar-refractivity contribution in [3.05, 3.63) is 0 Å². The van der Waals surface area contributed by atoms with Crippen molar-refractivity contribution in [2.75, 3.05) is 33.0 Å². The van der Waals surface area contributed by atoms with Gasteiger partial charge in [0.25, 0.3) is 0 Å². The lowest BCUT2D eigenvalue weighted by Crippen LogP contribution is -2.06. The van der Waals surface area contributed by atoms with E-state index >= 15 is 0 Å². The molecule has 0 atom stereocenters. The van der Waals surface area contributed by atoms with Gasteiger partial charge >= 0.3 is 0 Å². The van der Waals surface area contributed by atoms with Crippen molar-refractivity contribution in [1.29, 1.82) is 0 Å². The minimum absolute atomic E-state index is 0. The maximum Gasteiger partial charge on any atom is 0.0701 e. The molecular weight excluding hydrogens is 136 g/mol. The van der Waals surface area contributed by atoms with Crippen molar-refractivity contribution in [1.82, 2.24) is 0 Å². The van der Waals surface area contributed by atoms with Gasteiger partial charge in [0.1, 0.15) is 0 Å². The van der Waals surface area contributed by atoms with Crippen molar-refractivity contribution in [2.24, 2.45) is 0 Å². The van der Waals surface area contributed by atoms with Gasteiger partial charge in [-0.2, -0.15) is 0 Å². The number of aliphatic hydroxyl groups excluding tert-OH is 1. The summed E-state index contributed by atoms with van der Waals surface area (Å²) < 4.78 is 9.88. The molecule has 0 aromatic heterocycles. The molecule has 0 aliphatic heterocycles. The maximum atomic E-state index is 8.26. The van der Waals surface area contributed by atoms with Crippen LogP contribution in [0.1, 0.15) is 6.92 Å². The minimum atomic E-state index is 0. The lowest BCUT2D eigenvalue weighted by Gasteiger charge is -2.00. The van der Waals surface area contributed by atoms with Crippen LogP contribution in [0.15, 0.2) is 0 Å². The van der Waals surface area contributed by atoms with Crippen LogP contribution in [0, 0.1) is 0 Å². The van der Waals surface area contributed by atoms with Crippen LogP contribution in [-0.2, 0) is 9.47 Å². The molecule has 0 saturated carbocycles. The molecule has 0 aliphatic rings. The second kappa shape index (κ2) is 11.6. The fourth-order valence-corrected chi connectivity index (χ4v) is 0.429. The highest BCUT2D eigenvalue weighted by molar-refractivity contribution is 4.28. The van der Waals surface area contributed by atoms with E-state index in [0.717, 1.165) is 6.61 Å². The zero-order valence-electron chi connectivity index (χ0n) is 6.30. The molecule has 0 saturated heterocycles. The predicted octanol–water partition coefficient (Wildman–Crippen LogP) is -0.793. The summed E-state index contributed by atoms with van der Waals surface area (Å²) in [5, 5.41) is 8.26. The third kappa shape index (κ3) is 10.8. The molecule has 0 fully saturated rings. The highest BCUT2D eigenvalue weighted by Crippen LogP contribution is 1.76. The van der Waals surface area contributed by atoms with Gasteiger partial charge in [-0.3, -0.25) is 0 Å². The molecule has 64 valence electrons. The fourth-order valence-electron chi connectivity index (χ4n) is 0.429. The minimum Gasteiger partial charge on any atom is -0.412 e. The Morgan fingerprint density at radius 1 is 1.10 bits per heavy atom. The van der Waals surface area contributed by atoms with Gasteiger partial charge in [0.2, 0.25) is 0 Å². The zero-order chi connectivity index (χ0) is 6.95. The molecule has 0 aromatic rings. The molecule has 0 rings (SSSR count). The highest BCUT2D eigenvalue weighted by Gasteiger charge is 1.84. The second-order valence-electron chi connectivity index (χ2n) is 1.53. The smallest absolute Gasteiger partial charge is 0.0701 e. The summed E-state index contributed by atoms with van der Waals surface area (Å²) in [5.41, 5.74) is 0. The fraction of sp³-hybridized carbons (Fsp3) is 1.00. The summed E-state index contributed by atoms with van der Waals surface area (Å²) in [4.78, 5) is 0. The number of aliphatic hydroxyl groups is 1. The SMILES string of the molecule is CCOCCOCCO.O. The van der Waals surface area contributed by atoms with Crippen molar-refractivity contribution >= 4 is 0 Å². The molecule has 10 heavy (non-hydrogen) atoms. The molecular formula is C6H16O4. The monoisotopic (exact) mass is 152 g/mol. The summed E-state index contributed by atoms with van der Waals surface area (Å²) in [5.74, 6) is 0. The highest BCUT2D eigenvalue weighted by atomic mass is 16.5. The Balaban J connectivity index is 0. The standard InChI is InChI=1S/C6H14O3.H2O/c1-2-8-5-6-9-4-3-7;/h7H,2-6H2,1H3;1H2. The molecule has 0 heterocycles. The first-order valence-electron chi connectivity index (χ1n) is 3.18. The summed E-state index contributed by atoms with van der Waals surface area (Å²) >= 11 is 0. The van der Waals surface area contributed by atoms with Gasteiger partial charge in [0, 0.05) is 6.61 Å². The lowest BCUT2D eigenvalue weighted by atomic mass is 10.7. The summed E-state index contributed by atoms with van der Waals surface area (Å²) in [6.07, 6.45) is 0. The third-order valence-electron chi connectivity index (χ3n) is 0.812. The average molecular weight is 152 g/mol. The van der Waals surface area contributed by atoms with E-state index in [2.05, 4.69) is 0 Å². The van der Waals surface area contributed by atoms with E-state index in [0.29, 0.717) is 19.8 Å². The van der Waals surface area contributed by atoms with Crippen LogP contribution in [0.4, 0.5) is 0 Å². The Morgan fingerprint density at radius 3 is 2.20 bits per heavy atom. The summed E-state index contributed by atoms with van der Waals surface area (Å²) in [6.45, 7) is 4.36. The third-order valence-corrected chi connectivity index (χ3v) is 0.812. The molecule has 0 spiro atoms. The first-order chi connectivity index (χ1) is 4.41. The van der Waals surface area contributed by atoms with Crippen LogP contribution >= 0.6 is 0 Å². The maximum absolute atomic E-state index is 8.26. The molecule has 0 aliphatic carbocycles. The van der Waals surface area contributed by atoms with Gasteiger partial charge in [0.05, 0.1) is 26.4 Å². The lowest BCUT2D eigenvalue weighted by molar-refractivity contribution is 0.0370. The largest absolute Gasteiger partial charge is 0.412 e. The molecule has 0 aromatic carbocycles. The first kappa shape index (κ1) is 12.5. The first-order valence-corrected chi connectivity index (χ1v) is 3.18. The van der Waals surface area contributed by atoms with E-state index in [1.165, 1.54) is 0 Å². The summed E-state index contributed by atoms with van der Waals surface area (Å²) in [6, 6.07) is 0. The van der Waals surface area contributed by atoms with Crippen LogP contribution in [-0.4, -0.2) is 43.6 Å². The van der Waals surface area contributed by atoms with Gasteiger partial charge in [-0.15, -0.1) is 0 Å². The van der Waals surface area contributed by atoms with E-state index in [9.17, 15) is 0 Å². The normalized spacial score (nSPS) is 9.00. The predicted molar refractivity (Wildman–Crippen MR) is 38.0 cm³/mol. The van der Waals surface area contributed by atoms with E-state index in [1.54, 1.807) is 0 Å². The van der Waals surface area contributed by atoms with Gasteiger partial charge in [-0.1, -0.05) is 0 Å². The van der Waals surface area contributed by atoms with Crippen LogP contribution < -0.4 is 0 Å². The molecule has 4 heteroatoms. The van der Waals surface area contributed by atoms with Gasteiger partial charge < -0.3 is 20.1 Å². The number of hydrogen-bond donors (Lipinski definition) is 1. The second-order valence-corrected chi connectivity index (χ2v) is 1.53. The van der Waals surface area contributed by atoms with E-state index in [-0.39, 0.29) is 12.1 Å². The Labute approximate surface area is 61.1 Å². The molecule has 3 N–H and O–H groups in total. The van der Waals surface area contributed by atoms with Crippen LogP contribution in [0.5, 0.6) is 0 Å². The van der Waals surface area contributed by atoms with Crippen molar-refractivity contribution in [3.8, 4) is 0 Å². The van der Waals surface area contributed by atoms with E-state index in [4.69, 9.17) is 14.6 Å². The molecule has 0 bridgehead atoms. The molecule has 0 amide bonds. The van der Waals surface area contributed by atoms with Crippen LogP contribution in [0.25, 0.3) is 0 Å². The average Bonchev–Trinajstić information content (AvgIpc) is 1.89. The van der Waals surface area contributed by atoms with E-state index < -0.39 is 0 Å². The van der Waals surface area contributed by atoms with Gasteiger partial charge in [0.15, 0.2) is 0 Å². The number of hydrogen-bond acceptors (Lipinski definition) is 3. The van der Waals surface area contributed by atoms with Crippen LogP contribution in [0.3, 0.4) is 0 Å². The van der Waals surface area contributed by atoms with Crippen molar-refractivity contribution in [3.63, 3.8) is 0 Å². The Hall–Kier alpha value is -0.160.